The maximum Gasteiger partial charge on any atom is 0.320 e. The zero-order valence-electron chi connectivity index (χ0n) is 13.2. The molecule has 22 heavy (non-hydrogen) atoms. The Morgan fingerprint density at radius 1 is 1.18 bits per heavy atom. The van der Waals surface area contributed by atoms with E-state index < -0.39 is 12.0 Å². The summed E-state index contributed by atoms with van der Waals surface area (Å²) in [4.78, 5) is 22.2. The number of hydrogen-bond acceptors (Lipinski definition) is 3. The maximum atomic E-state index is 11.7. The molecule has 1 amide bonds. The van der Waals surface area contributed by atoms with E-state index in [1.54, 1.807) is 0 Å². The molecule has 0 spiro atoms. The van der Waals surface area contributed by atoms with Gasteiger partial charge in [0.25, 0.3) is 0 Å². The minimum atomic E-state index is -0.972. The highest BCUT2D eigenvalue weighted by Crippen LogP contribution is 2.07. The topological polar surface area (TPSA) is 92.4 Å². The van der Waals surface area contributed by atoms with Crippen LogP contribution >= 0.6 is 0 Å². The molecular formula is C17H26N2O3. The van der Waals surface area contributed by atoms with E-state index >= 15 is 0 Å². The molecule has 0 radical (unpaired) electrons. The van der Waals surface area contributed by atoms with Gasteiger partial charge in [0.15, 0.2) is 0 Å². The Balaban J connectivity index is 2.04. The van der Waals surface area contributed by atoms with Crippen LogP contribution in [0.2, 0.25) is 0 Å². The van der Waals surface area contributed by atoms with E-state index in [0.29, 0.717) is 25.8 Å². The quantitative estimate of drug-likeness (QED) is 0.577. The Bertz CT molecular complexity index is 471. The SMILES string of the molecule is Cc1ccc(CCCC(=O)NCCCC[C@H](N)C(=O)O)cc1. The molecule has 122 valence electrons. The number of aliphatic carboxylic acids is 1. The fourth-order valence-electron chi connectivity index (χ4n) is 2.14. The molecule has 0 aliphatic carbocycles. The van der Waals surface area contributed by atoms with E-state index in [1.807, 2.05) is 0 Å². The lowest BCUT2D eigenvalue weighted by Crippen LogP contribution is -2.30. The average molecular weight is 306 g/mol. The van der Waals surface area contributed by atoms with Gasteiger partial charge in [0, 0.05) is 13.0 Å². The minimum Gasteiger partial charge on any atom is -0.480 e. The molecule has 0 aliphatic heterocycles. The molecule has 0 unspecified atom stereocenters. The molecule has 5 nitrogen and oxygen atoms in total. The lowest BCUT2D eigenvalue weighted by atomic mass is 10.1. The van der Waals surface area contributed by atoms with E-state index in [2.05, 4.69) is 36.5 Å². The van der Waals surface area contributed by atoms with Crippen LogP contribution in [0, 0.1) is 6.92 Å². The third kappa shape index (κ3) is 7.78. The summed E-state index contributed by atoms with van der Waals surface area (Å²) in [5, 5.41) is 11.5. The van der Waals surface area contributed by atoms with E-state index in [9.17, 15) is 9.59 Å². The van der Waals surface area contributed by atoms with Crippen molar-refractivity contribution >= 4 is 11.9 Å². The molecule has 0 bridgehead atoms. The number of carbonyl (C=O) groups excluding carboxylic acids is 1. The predicted molar refractivity (Wildman–Crippen MR) is 86.6 cm³/mol. The second-order valence-corrected chi connectivity index (χ2v) is 5.63. The Hall–Kier alpha value is -1.88. The number of aryl methyl sites for hydroxylation is 2. The smallest absolute Gasteiger partial charge is 0.320 e. The first-order valence-corrected chi connectivity index (χ1v) is 7.79. The van der Waals surface area contributed by atoms with Crippen molar-refractivity contribution in [2.45, 2.75) is 51.5 Å². The van der Waals surface area contributed by atoms with Crippen LogP contribution in [-0.4, -0.2) is 29.6 Å². The largest absolute Gasteiger partial charge is 0.480 e. The molecule has 0 fully saturated rings. The number of carboxylic acid groups (broad SMARTS) is 1. The summed E-state index contributed by atoms with van der Waals surface area (Å²) in [6.45, 7) is 2.64. The van der Waals surface area contributed by atoms with Gasteiger partial charge < -0.3 is 16.2 Å². The fraction of sp³-hybridized carbons (Fsp3) is 0.529. The van der Waals surface area contributed by atoms with Gasteiger partial charge in [-0.05, 0) is 44.6 Å². The minimum absolute atomic E-state index is 0.0506. The first-order valence-electron chi connectivity index (χ1n) is 7.79. The zero-order chi connectivity index (χ0) is 16.4. The van der Waals surface area contributed by atoms with Gasteiger partial charge in [-0.2, -0.15) is 0 Å². The van der Waals surface area contributed by atoms with Crippen LogP contribution in [0.4, 0.5) is 0 Å². The summed E-state index contributed by atoms with van der Waals surface area (Å²) in [5.74, 6) is -0.921. The zero-order valence-corrected chi connectivity index (χ0v) is 13.2. The number of carboxylic acids is 1. The van der Waals surface area contributed by atoms with Crippen LogP contribution in [0.1, 0.15) is 43.2 Å². The van der Waals surface area contributed by atoms with Crippen LogP contribution in [0.5, 0.6) is 0 Å². The Labute approximate surface area is 131 Å². The molecule has 0 aliphatic rings. The Kier molecular flexibility index (Phi) is 8.22. The van der Waals surface area contributed by atoms with Crippen LogP contribution in [-0.2, 0) is 16.0 Å². The van der Waals surface area contributed by atoms with Crippen LogP contribution < -0.4 is 11.1 Å². The summed E-state index contributed by atoms with van der Waals surface area (Å²) in [6, 6.07) is 7.55. The van der Waals surface area contributed by atoms with Gasteiger partial charge in [0.05, 0.1) is 0 Å². The highest BCUT2D eigenvalue weighted by atomic mass is 16.4. The van der Waals surface area contributed by atoms with Crippen molar-refractivity contribution in [3.8, 4) is 0 Å². The summed E-state index contributed by atoms with van der Waals surface area (Å²) in [7, 11) is 0. The van der Waals surface area contributed by atoms with Crippen molar-refractivity contribution in [2.24, 2.45) is 5.73 Å². The van der Waals surface area contributed by atoms with Gasteiger partial charge in [-0.1, -0.05) is 29.8 Å². The second kappa shape index (κ2) is 9.95. The molecule has 4 N–H and O–H groups in total. The van der Waals surface area contributed by atoms with E-state index in [0.717, 1.165) is 19.3 Å². The second-order valence-electron chi connectivity index (χ2n) is 5.63. The normalized spacial score (nSPS) is 11.9. The molecule has 1 rings (SSSR count). The third-order valence-electron chi connectivity index (χ3n) is 3.57. The van der Waals surface area contributed by atoms with Gasteiger partial charge in [0.1, 0.15) is 6.04 Å². The molecule has 0 heterocycles. The fourth-order valence-corrected chi connectivity index (χ4v) is 2.14. The van der Waals surface area contributed by atoms with Crippen molar-refractivity contribution in [3.05, 3.63) is 35.4 Å². The van der Waals surface area contributed by atoms with E-state index in [-0.39, 0.29) is 5.91 Å². The van der Waals surface area contributed by atoms with Gasteiger partial charge in [-0.15, -0.1) is 0 Å². The monoisotopic (exact) mass is 306 g/mol. The number of unbranched alkanes of at least 4 members (excludes halogenated alkanes) is 1. The predicted octanol–water partition coefficient (Wildman–Crippen LogP) is 2.02. The number of amides is 1. The molecule has 5 heteroatoms. The molecule has 0 saturated carbocycles. The van der Waals surface area contributed by atoms with Crippen molar-refractivity contribution in [3.63, 3.8) is 0 Å². The van der Waals surface area contributed by atoms with Gasteiger partial charge in [0.2, 0.25) is 5.91 Å². The van der Waals surface area contributed by atoms with E-state index in [4.69, 9.17) is 10.8 Å². The molecular weight excluding hydrogens is 280 g/mol. The summed E-state index contributed by atoms with van der Waals surface area (Å²) < 4.78 is 0. The summed E-state index contributed by atoms with van der Waals surface area (Å²) in [5.41, 5.74) is 7.89. The number of nitrogens with two attached hydrogens (primary N) is 1. The molecule has 1 aromatic carbocycles. The van der Waals surface area contributed by atoms with E-state index in [1.165, 1.54) is 11.1 Å². The van der Waals surface area contributed by atoms with Gasteiger partial charge in [-0.3, -0.25) is 9.59 Å². The van der Waals surface area contributed by atoms with Crippen molar-refractivity contribution in [2.75, 3.05) is 6.54 Å². The highest BCUT2D eigenvalue weighted by molar-refractivity contribution is 5.75. The van der Waals surface area contributed by atoms with Gasteiger partial charge in [-0.25, -0.2) is 0 Å². The first kappa shape index (κ1) is 18.2. The molecule has 1 aromatic rings. The molecule has 0 saturated heterocycles. The first-order chi connectivity index (χ1) is 10.5. The summed E-state index contributed by atoms with van der Waals surface area (Å²) >= 11 is 0. The van der Waals surface area contributed by atoms with Crippen molar-refractivity contribution in [1.29, 1.82) is 0 Å². The van der Waals surface area contributed by atoms with Crippen LogP contribution in [0.15, 0.2) is 24.3 Å². The van der Waals surface area contributed by atoms with Crippen molar-refractivity contribution < 1.29 is 14.7 Å². The third-order valence-corrected chi connectivity index (χ3v) is 3.57. The Morgan fingerprint density at radius 3 is 2.50 bits per heavy atom. The standard InChI is InChI=1S/C17H26N2O3/c1-13-8-10-14(11-9-13)5-4-7-16(20)19-12-3-2-6-15(18)17(21)22/h8-11,15H,2-7,12,18H2,1H3,(H,19,20)(H,21,22)/t15-/m0/s1. The number of rotatable bonds is 10. The summed E-state index contributed by atoms with van der Waals surface area (Å²) in [6.07, 6.45) is 4.16. The Morgan fingerprint density at radius 2 is 1.86 bits per heavy atom. The molecule has 1 atom stereocenters. The number of hydrogen-bond donors (Lipinski definition) is 3. The van der Waals surface area contributed by atoms with Gasteiger partial charge >= 0.3 is 5.97 Å². The lowest BCUT2D eigenvalue weighted by Gasteiger charge is -2.07. The number of benzene rings is 1. The lowest BCUT2D eigenvalue weighted by molar-refractivity contribution is -0.138. The maximum absolute atomic E-state index is 11.7. The molecule has 0 aromatic heterocycles. The average Bonchev–Trinajstić information content (AvgIpc) is 2.48. The van der Waals surface area contributed by atoms with Crippen molar-refractivity contribution in [1.82, 2.24) is 5.32 Å². The van der Waals surface area contributed by atoms with Crippen LogP contribution in [0.3, 0.4) is 0 Å². The highest BCUT2D eigenvalue weighted by Gasteiger charge is 2.10. The number of nitrogens with one attached hydrogen (secondary N) is 1. The number of carbonyl (C=O) groups is 2. The van der Waals surface area contributed by atoms with Crippen LogP contribution in [0.25, 0.3) is 0 Å².